The number of nitrogens with zero attached hydrogens (tertiary/aromatic N) is 3. The van der Waals surface area contributed by atoms with Gasteiger partial charge in [0.2, 0.25) is 10.0 Å². The highest BCUT2D eigenvalue weighted by atomic mass is 32.2. The number of carbonyl (C=O) groups excluding carboxylic acids is 2. The van der Waals surface area contributed by atoms with Gasteiger partial charge in [0.1, 0.15) is 0 Å². The fourth-order valence-corrected chi connectivity index (χ4v) is 7.02. The summed E-state index contributed by atoms with van der Waals surface area (Å²) < 4.78 is 73.1. The van der Waals surface area contributed by atoms with Crippen LogP contribution >= 0.6 is 0 Å². The Hall–Kier alpha value is -2.86. The van der Waals surface area contributed by atoms with E-state index < -0.39 is 28.7 Å². The van der Waals surface area contributed by atoms with E-state index >= 15 is 0 Å². The summed E-state index contributed by atoms with van der Waals surface area (Å²) in [4.78, 5) is 25.5. The predicted octanol–water partition coefficient (Wildman–Crippen LogP) is 4.16. The maximum absolute atomic E-state index is 13.7. The fourth-order valence-electron chi connectivity index (χ4n) is 5.46. The smallest absolute Gasteiger partial charge is 0.467 e. The van der Waals surface area contributed by atoms with Crippen molar-refractivity contribution in [3.8, 4) is 0 Å². The first-order valence-corrected chi connectivity index (χ1v) is 14.8. The number of ether oxygens (including phenoxy) is 1. The summed E-state index contributed by atoms with van der Waals surface area (Å²) in [6.45, 7) is 8.23. The number of amides is 1. The number of piperidine rings is 1. The molecule has 2 unspecified atom stereocenters. The molecule has 3 rings (SSSR count). The van der Waals surface area contributed by atoms with Gasteiger partial charge >= 0.3 is 12.1 Å². The molecule has 0 spiro atoms. The summed E-state index contributed by atoms with van der Waals surface area (Å²) in [5, 5.41) is 0. The number of halogens is 3. The molecule has 0 aromatic rings. The molecule has 1 aliphatic carbocycles. The van der Waals surface area contributed by atoms with E-state index in [-0.39, 0.29) is 61.0 Å². The van der Waals surface area contributed by atoms with Crippen LogP contribution in [0.4, 0.5) is 13.2 Å². The molecule has 1 fully saturated rings. The summed E-state index contributed by atoms with van der Waals surface area (Å²) in [6, 6.07) is 0.0760. The molecule has 1 amide bonds. The lowest BCUT2D eigenvalue weighted by atomic mass is 9.90. The van der Waals surface area contributed by atoms with Gasteiger partial charge in [-0.1, -0.05) is 31.7 Å². The summed E-state index contributed by atoms with van der Waals surface area (Å²) in [5.41, 5.74) is 2.25. The van der Waals surface area contributed by atoms with Crippen molar-refractivity contribution in [3.05, 3.63) is 58.7 Å². The molecule has 0 aromatic carbocycles. The Morgan fingerprint density at radius 1 is 1.20 bits per heavy atom. The van der Waals surface area contributed by atoms with Crippen LogP contribution in [0.25, 0.3) is 0 Å². The second kappa shape index (κ2) is 13.2. The Morgan fingerprint density at radius 2 is 1.88 bits per heavy atom. The van der Waals surface area contributed by atoms with Crippen molar-refractivity contribution < 1.29 is 35.9 Å². The SMILES string of the molecule is C=C1/C=C(S(=O)(=O)N2CCC(N(C)C3=C(C)C=CCC3COC=O)CC2)\C=C/C(C)CCN(C(=O)C(F)(F)F)C1. The average Bonchev–Trinajstić information content (AvgIpc) is 2.90. The number of rotatable bonds is 7. The minimum absolute atomic E-state index is 0.0250. The largest absolute Gasteiger partial charge is 0.471 e. The van der Waals surface area contributed by atoms with Gasteiger partial charge in [0, 0.05) is 50.9 Å². The lowest BCUT2D eigenvalue weighted by Gasteiger charge is -2.41. The Morgan fingerprint density at radius 3 is 2.50 bits per heavy atom. The summed E-state index contributed by atoms with van der Waals surface area (Å²) in [6.07, 6.45) is 5.60. The van der Waals surface area contributed by atoms with E-state index in [1.807, 2.05) is 26.1 Å². The van der Waals surface area contributed by atoms with Gasteiger partial charge < -0.3 is 14.5 Å². The van der Waals surface area contributed by atoms with Crippen LogP contribution in [0, 0.1) is 11.8 Å². The summed E-state index contributed by atoms with van der Waals surface area (Å²) in [5.74, 6) is -2.18. The van der Waals surface area contributed by atoms with Crippen LogP contribution in [0.3, 0.4) is 0 Å². The second-order valence-electron chi connectivity index (χ2n) is 10.6. The zero-order chi connectivity index (χ0) is 29.7. The van der Waals surface area contributed by atoms with Crippen LogP contribution < -0.4 is 0 Å². The van der Waals surface area contributed by atoms with Gasteiger partial charge in [-0.05, 0) is 61.8 Å². The maximum atomic E-state index is 13.7. The minimum atomic E-state index is -5.02. The number of carbonyl (C=O) groups is 2. The first-order chi connectivity index (χ1) is 18.8. The zero-order valence-electron chi connectivity index (χ0n) is 23.2. The van der Waals surface area contributed by atoms with E-state index in [2.05, 4.69) is 11.5 Å². The summed E-state index contributed by atoms with van der Waals surface area (Å²) >= 11 is 0. The van der Waals surface area contributed by atoms with Gasteiger partial charge in [0.05, 0.1) is 11.5 Å². The number of alkyl halides is 3. The van der Waals surface area contributed by atoms with Crippen LogP contribution in [-0.4, -0.2) is 87.0 Å². The molecule has 12 heteroatoms. The zero-order valence-corrected chi connectivity index (χ0v) is 24.0. The predicted molar refractivity (Wildman–Crippen MR) is 146 cm³/mol. The standard InChI is InChI=1S/C28H38F3N3O5S/c1-20-8-9-25(16-21(2)17-33(13-10-20)27(36)28(29,30)31)40(37,38)34-14-11-24(12-15-34)32(4)26-22(3)6-5-7-23(26)18-39-19-35/h5-6,8-9,16,19-20,23-24H,2,7,10-15,17-18H2,1,3-4H3/b9-8-,25-16+. The topological polar surface area (TPSA) is 87.2 Å². The van der Waals surface area contributed by atoms with Gasteiger partial charge in [-0.3, -0.25) is 9.59 Å². The lowest BCUT2D eigenvalue weighted by Crippen LogP contribution is -2.46. The molecule has 2 aliphatic heterocycles. The molecule has 0 bridgehead atoms. The van der Waals surface area contributed by atoms with Gasteiger partial charge in [0.25, 0.3) is 6.47 Å². The molecule has 8 nitrogen and oxygen atoms in total. The van der Waals surface area contributed by atoms with Gasteiger partial charge in [-0.15, -0.1) is 0 Å². The monoisotopic (exact) mass is 585 g/mol. The van der Waals surface area contributed by atoms with E-state index in [4.69, 9.17) is 4.74 Å². The normalized spacial score (nSPS) is 26.2. The van der Waals surface area contributed by atoms with E-state index in [0.29, 0.717) is 24.2 Å². The van der Waals surface area contributed by atoms with Crippen LogP contribution in [-0.2, 0) is 24.3 Å². The van der Waals surface area contributed by atoms with Crippen molar-refractivity contribution in [2.45, 2.75) is 51.7 Å². The molecular formula is C28H38F3N3O5S. The third-order valence-corrected chi connectivity index (χ3v) is 9.54. The molecule has 0 saturated carbocycles. The third kappa shape index (κ3) is 7.66. The van der Waals surface area contributed by atoms with E-state index in [9.17, 15) is 31.2 Å². The second-order valence-corrected chi connectivity index (χ2v) is 12.6. The van der Waals surface area contributed by atoms with E-state index in [1.54, 1.807) is 13.0 Å². The van der Waals surface area contributed by atoms with E-state index in [0.717, 1.165) is 17.7 Å². The number of hydrogen-bond acceptors (Lipinski definition) is 6. The van der Waals surface area contributed by atoms with Gasteiger partial charge in [0.15, 0.2) is 0 Å². The summed E-state index contributed by atoms with van der Waals surface area (Å²) in [7, 11) is -1.98. The first-order valence-electron chi connectivity index (χ1n) is 13.3. The molecule has 40 heavy (non-hydrogen) atoms. The molecular weight excluding hydrogens is 547 g/mol. The number of allylic oxidation sites excluding steroid dienone is 5. The Labute approximate surface area is 234 Å². The fraction of sp³-hybridized carbons (Fsp3) is 0.571. The van der Waals surface area contributed by atoms with Gasteiger partial charge in [-0.2, -0.15) is 17.5 Å². The van der Waals surface area contributed by atoms with Crippen molar-refractivity contribution in [3.63, 3.8) is 0 Å². The number of hydrogen-bond donors (Lipinski definition) is 0. The third-order valence-electron chi connectivity index (χ3n) is 7.65. The average molecular weight is 586 g/mol. The first kappa shape index (κ1) is 31.7. The molecule has 2 atom stereocenters. The molecule has 0 radical (unpaired) electrons. The highest BCUT2D eigenvalue weighted by molar-refractivity contribution is 7.93. The Balaban J connectivity index is 1.76. The van der Waals surface area contributed by atoms with Crippen molar-refractivity contribution in [2.24, 2.45) is 11.8 Å². The molecule has 0 aromatic heterocycles. The maximum Gasteiger partial charge on any atom is 0.471 e. The van der Waals surface area contributed by atoms with Crippen molar-refractivity contribution in [2.75, 3.05) is 39.8 Å². The van der Waals surface area contributed by atoms with Crippen molar-refractivity contribution in [1.82, 2.24) is 14.1 Å². The van der Waals surface area contributed by atoms with Gasteiger partial charge in [-0.25, -0.2) is 8.42 Å². The van der Waals surface area contributed by atoms with E-state index in [1.165, 1.54) is 16.5 Å². The minimum Gasteiger partial charge on any atom is -0.467 e. The molecule has 0 N–H and O–H groups in total. The van der Waals surface area contributed by atoms with Crippen molar-refractivity contribution in [1.29, 1.82) is 0 Å². The Bertz CT molecular complexity index is 1200. The van der Waals surface area contributed by atoms with Crippen LogP contribution in [0.15, 0.2) is 58.7 Å². The van der Waals surface area contributed by atoms with Crippen LogP contribution in [0.1, 0.15) is 39.5 Å². The highest BCUT2D eigenvalue weighted by Gasteiger charge is 2.42. The number of sulfonamides is 1. The molecule has 2 heterocycles. The molecule has 3 aliphatic rings. The molecule has 1 saturated heterocycles. The highest BCUT2D eigenvalue weighted by Crippen LogP contribution is 2.33. The van der Waals surface area contributed by atoms with Crippen molar-refractivity contribution >= 4 is 22.4 Å². The van der Waals surface area contributed by atoms with Crippen LogP contribution in [0.5, 0.6) is 0 Å². The Kier molecular flexibility index (Phi) is 10.5. The quantitative estimate of drug-likeness (QED) is 0.417. The van der Waals surface area contributed by atoms with Crippen LogP contribution in [0.2, 0.25) is 0 Å². The molecule has 222 valence electrons. The lowest BCUT2D eigenvalue weighted by molar-refractivity contribution is -0.185.